The van der Waals surface area contributed by atoms with Crippen molar-refractivity contribution >= 4 is 11.5 Å². The van der Waals surface area contributed by atoms with Gasteiger partial charge in [-0.3, -0.25) is 0 Å². The molecule has 1 heterocycles. The standard InChI is InChI=1S/C13H22N4O2/c1-11(2)16(3)9-5-4-8-14-12-6-7-13(15-10-12)17(18)19/h6-7,10-11,14H,4-5,8-9H2,1-3H3. The van der Waals surface area contributed by atoms with Crippen LogP contribution in [0.4, 0.5) is 11.5 Å². The van der Waals surface area contributed by atoms with Crippen molar-refractivity contribution in [1.29, 1.82) is 0 Å². The zero-order chi connectivity index (χ0) is 14.3. The summed E-state index contributed by atoms with van der Waals surface area (Å²) in [5, 5.41) is 13.7. The van der Waals surface area contributed by atoms with Crippen LogP contribution in [-0.4, -0.2) is 41.0 Å². The minimum absolute atomic E-state index is 0.121. The summed E-state index contributed by atoms with van der Waals surface area (Å²) in [5.41, 5.74) is 0.822. The van der Waals surface area contributed by atoms with E-state index < -0.39 is 4.92 Å². The molecule has 0 saturated heterocycles. The SMILES string of the molecule is CC(C)N(C)CCCCNc1ccc([N+](=O)[O-])nc1. The highest BCUT2D eigenvalue weighted by Crippen LogP contribution is 2.11. The lowest BCUT2D eigenvalue weighted by Crippen LogP contribution is -2.27. The van der Waals surface area contributed by atoms with Gasteiger partial charge in [0.1, 0.15) is 0 Å². The Kier molecular flexibility index (Phi) is 6.21. The van der Waals surface area contributed by atoms with Crippen LogP contribution in [0, 0.1) is 10.1 Å². The average molecular weight is 266 g/mol. The molecule has 0 aliphatic rings. The minimum atomic E-state index is -0.495. The van der Waals surface area contributed by atoms with E-state index in [2.05, 4.69) is 36.1 Å². The molecule has 6 heteroatoms. The predicted octanol–water partition coefficient (Wildman–Crippen LogP) is 2.52. The Morgan fingerprint density at radius 2 is 2.16 bits per heavy atom. The van der Waals surface area contributed by atoms with E-state index in [-0.39, 0.29) is 5.82 Å². The summed E-state index contributed by atoms with van der Waals surface area (Å²) < 4.78 is 0. The molecule has 1 aromatic rings. The number of hydrogen-bond donors (Lipinski definition) is 1. The summed E-state index contributed by atoms with van der Waals surface area (Å²) in [5.74, 6) is -0.121. The lowest BCUT2D eigenvalue weighted by molar-refractivity contribution is -0.389. The van der Waals surface area contributed by atoms with E-state index >= 15 is 0 Å². The quantitative estimate of drug-likeness (QED) is 0.445. The van der Waals surface area contributed by atoms with Gasteiger partial charge in [-0.25, -0.2) is 0 Å². The summed E-state index contributed by atoms with van der Waals surface area (Å²) in [6.07, 6.45) is 3.69. The number of rotatable bonds is 8. The fraction of sp³-hybridized carbons (Fsp3) is 0.615. The van der Waals surface area contributed by atoms with Crippen LogP contribution in [0.15, 0.2) is 18.3 Å². The number of nitro groups is 1. The summed E-state index contributed by atoms with van der Waals surface area (Å²) >= 11 is 0. The van der Waals surface area contributed by atoms with Crippen molar-refractivity contribution in [1.82, 2.24) is 9.88 Å². The Labute approximate surface area is 114 Å². The van der Waals surface area contributed by atoms with Crippen molar-refractivity contribution < 1.29 is 4.92 Å². The highest BCUT2D eigenvalue weighted by atomic mass is 16.6. The van der Waals surface area contributed by atoms with Gasteiger partial charge >= 0.3 is 5.82 Å². The summed E-state index contributed by atoms with van der Waals surface area (Å²) in [7, 11) is 2.12. The summed E-state index contributed by atoms with van der Waals surface area (Å²) in [4.78, 5) is 16.0. The fourth-order valence-electron chi connectivity index (χ4n) is 1.58. The van der Waals surface area contributed by atoms with Crippen LogP contribution < -0.4 is 5.32 Å². The Morgan fingerprint density at radius 1 is 1.42 bits per heavy atom. The van der Waals surface area contributed by atoms with Crippen molar-refractivity contribution in [2.45, 2.75) is 32.7 Å². The van der Waals surface area contributed by atoms with Crippen molar-refractivity contribution in [3.8, 4) is 0 Å². The van der Waals surface area contributed by atoms with E-state index in [0.717, 1.165) is 31.6 Å². The minimum Gasteiger partial charge on any atom is -0.382 e. The maximum absolute atomic E-state index is 10.4. The molecule has 106 valence electrons. The van der Waals surface area contributed by atoms with Crippen LogP contribution >= 0.6 is 0 Å². The maximum Gasteiger partial charge on any atom is 0.363 e. The second-order valence-electron chi connectivity index (χ2n) is 4.87. The fourth-order valence-corrected chi connectivity index (χ4v) is 1.58. The number of anilines is 1. The molecular weight excluding hydrogens is 244 g/mol. The Balaban J connectivity index is 2.21. The molecule has 1 aromatic heterocycles. The Bertz CT molecular complexity index is 392. The van der Waals surface area contributed by atoms with Crippen molar-refractivity contribution in [2.24, 2.45) is 0 Å². The van der Waals surface area contributed by atoms with Crippen molar-refractivity contribution in [3.05, 3.63) is 28.4 Å². The highest BCUT2D eigenvalue weighted by molar-refractivity contribution is 5.43. The number of hydrogen-bond acceptors (Lipinski definition) is 5. The van der Waals surface area contributed by atoms with E-state index in [4.69, 9.17) is 0 Å². The molecule has 0 fully saturated rings. The lowest BCUT2D eigenvalue weighted by Gasteiger charge is -2.20. The lowest BCUT2D eigenvalue weighted by atomic mass is 10.2. The van der Waals surface area contributed by atoms with Crippen molar-refractivity contribution in [2.75, 3.05) is 25.5 Å². The van der Waals surface area contributed by atoms with Crippen LogP contribution in [0.1, 0.15) is 26.7 Å². The monoisotopic (exact) mass is 266 g/mol. The molecule has 1 rings (SSSR count). The molecule has 0 aliphatic carbocycles. The summed E-state index contributed by atoms with van der Waals surface area (Å²) in [6, 6.07) is 3.67. The highest BCUT2D eigenvalue weighted by Gasteiger charge is 2.06. The number of nitrogens with one attached hydrogen (secondary N) is 1. The first kappa shape index (κ1) is 15.4. The third-order valence-electron chi connectivity index (χ3n) is 3.08. The van der Waals surface area contributed by atoms with Gasteiger partial charge < -0.3 is 20.3 Å². The first-order chi connectivity index (χ1) is 9.00. The molecule has 0 amide bonds. The molecular formula is C13H22N4O2. The van der Waals surface area contributed by atoms with Gasteiger partial charge in [-0.15, -0.1) is 0 Å². The molecule has 0 aromatic carbocycles. The topological polar surface area (TPSA) is 71.3 Å². The van der Waals surface area contributed by atoms with E-state index in [1.807, 2.05) is 0 Å². The van der Waals surface area contributed by atoms with Gasteiger partial charge in [-0.1, -0.05) is 0 Å². The third kappa shape index (κ3) is 5.65. The second-order valence-corrected chi connectivity index (χ2v) is 4.87. The predicted molar refractivity (Wildman–Crippen MR) is 76.4 cm³/mol. The summed E-state index contributed by atoms with van der Waals surface area (Å²) in [6.45, 7) is 6.30. The van der Waals surface area contributed by atoms with Crippen LogP contribution in [-0.2, 0) is 0 Å². The maximum atomic E-state index is 10.4. The Hall–Kier alpha value is -1.69. The van der Waals surface area contributed by atoms with Gasteiger partial charge in [-0.05, 0) is 56.3 Å². The Morgan fingerprint density at radius 3 is 2.68 bits per heavy atom. The number of pyridine rings is 1. The molecule has 0 saturated carbocycles. The molecule has 0 spiro atoms. The van der Waals surface area contributed by atoms with Crippen LogP contribution in [0.25, 0.3) is 0 Å². The molecule has 0 aliphatic heterocycles. The average Bonchev–Trinajstić information content (AvgIpc) is 2.38. The van der Waals surface area contributed by atoms with Gasteiger partial charge in [0.05, 0.1) is 5.69 Å². The molecule has 19 heavy (non-hydrogen) atoms. The van der Waals surface area contributed by atoms with Gasteiger partial charge in [0.2, 0.25) is 0 Å². The molecule has 1 N–H and O–H groups in total. The molecule has 0 radical (unpaired) electrons. The normalized spacial score (nSPS) is 11.0. The molecule has 0 atom stereocenters. The van der Waals surface area contributed by atoms with Gasteiger partial charge in [0.15, 0.2) is 6.20 Å². The van der Waals surface area contributed by atoms with Gasteiger partial charge in [0.25, 0.3) is 0 Å². The van der Waals surface area contributed by atoms with Crippen LogP contribution in [0.3, 0.4) is 0 Å². The molecule has 6 nitrogen and oxygen atoms in total. The first-order valence-electron chi connectivity index (χ1n) is 6.55. The van der Waals surface area contributed by atoms with Crippen molar-refractivity contribution in [3.63, 3.8) is 0 Å². The van der Waals surface area contributed by atoms with E-state index in [1.54, 1.807) is 6.07 Å². The van der Waals surface area contributed by atoms with Crippen LogP contribution in [0.5, 0.6) is 0 Å². The van der Waals surface area contributed by atoms with E-state index in [0.29, 0.717) is 6.04 Å². The van der Waals surface area contributed by atoms with E-state index in [1.165, 1.54) is 12.3 Å². The van der Waals surface area contributed by atoms with Gasteiger partial charge in [-0.2, -0.15) is 0 Å². The number of unbranched alkanes of at least 4 members (excludes halogenated alkanes) is 1. The zero-order valence-electron chi connectivity index (χ0n) is 11.8. The second kappa shape index (κ2) is 7.68. The molecule has 0 unspecified atom stereocenters. The number of nitrogens with zero attached hydrogens (tertiary/aromatic N) is 3. The molecule has 0 bridgehead atoms. The largest absolute Gasteiger partial charge is 0.382 e. The number of aromatic nitrogens is 1. The zero-order valence-corrected chi connectivity index (χ0v) is 11.8. The first-order valence-corrected chi connectivity index (χ1v) is 6.55. The smallest absolute Gasteiger partial charge is 0.363 e. The van der Waals surface area contributed by atoms with Gasteiger partial charge in [0, 0.05) is 18.7 Å². The third-order valence-corrected chi connectivity index (χ3v) is 3.08. The van der Waals surface area contributed by atoms with E-state index in [9.17, 15) is 10.1 Å². The van der Waals surface area contributed by atoms with Crippen LogP contribution in [0.2, 0.25) is 0 Å².